The predicted molar refractivity (Wildman–Crippen MR) is 73.8 cm³/mol. The molecule has 0 radical (unpaired) electrons. The Morgan fingerprint density at radius 1 is 1.55 bits per heavy atom. The summed E-state index contributed by atoms with van der Waals surface area (Å²) in [6, 6.07) is 7.95. The van der Waals surface area contributed by atoms with E-state index in [9.17, 15) is 4.79 Å². The maximum absolute atomic E-state index is 10.8. The molecule has 0 amide bonds. The van der Waals surface area contributed by atoms with Crippen LogP contribution in [0.2, 0.25) is 0 Å². The molecule has 0 bridgehead atoms. The van der Waals surface area contributed by atoms with Gasteiger partial charge in [-0.05, 0) is 29.0 Å². The first-order valence-corrected chi connectivity index (χ1v) is 7.36. The summed E-state index contributed by atoms with van der Waals surface area (Å²) in [4.78, 5) is 12.1. The summed E-state index contributed by atoms with van der Waals surface area (Å²) in [7, 11) is 0. The molecule has 1 aromatic heterocycles. The number of hydrogen-bond acceptors (Lipinski definition) is 5. The largest absolute Gasteiger partial charge is 0.481 e. The minimum absolute atomic E-state index is 0.0134. The predicted octanol–water partition coefficient (Wildman–Crippen LogP) is 1.95. The van der Waals surface area contributed by atoms with Gasteiger partial charge in [0.25, 0.3) is 0 Å². The summed E-state index contributed by atoms with van der Waals surface area (Å²) in [6.45, 7) is 1.82. The average molecular weight is 290 g/mol. The number of thioether (sulfide) groups is 1. The van der Waals surface area contributed by atoms with Crippen molar-refractivity contribution in [1.29, 1.82) is 0 Å². The van der Waals surface area contributed by atoms with Crippen molar-refractivity contribution in [2.24, 2.45) is 0 Å². The smallest absolute Gasteiger partial charge is 0.305 e. The maximum Gasteiger partial charge on any atom is 0.305 e. The number of aliphatic carboxylic acids is 1. The van der Waals surface area contributed by atoms with Crippen molar-refractivity contribution >= 4 is 17.7 Å². The Bertz CT molecular complexity index is 643. The van der Waals surface area contributed by atoms with Crippen LogP contribution in [-0.2, 0) is 4.79 Å². The molecule has 0 saturated heterocycles. The van der Waals surface area contributed by atoms with E-state index in [1.807, 2.05) is 19.1 Å². The third kappa shape index (κ3) is 2.29. The van der Waals surface area contributed by atoms with Crippen LogP contribution >= 0.6 is 11.8 Å². The van der Waals surface area contributed by atoms with Gasteiger partial charge in [-0.15, -0.1) is 16.9 Å². The fourth-order valence-electron chi connectivity index (χ4n) is 2.46. The molecule has 1 aliphatic heterocycles. The number of hydrogen-bond donors (Lipinski definition) is 1. The molecule has 0 spiro atoms. The van der Waals surface area contributed by atoms with Gasteiger partial charge in [-0.1, -0.05) is 18.2 Å². The van der Waals surface area contributed by atoms with Crippen LogP contribution in [0.25, 0.3) is 0 Å². The molecular formula is C13H14N4O2S. The van der Waals surface area contributed by atoms with Crippen LogP contribution in [0.4, 0.5) is 0 Å². The highest BCUT2D eigenvalue weighted by atomic mass is 32.2. The van der Waals surface area contributed by atoms with E-state index in [1.165, 1.54) is 10.5 Å². The van der Waals surface area contributed by atoms with Crippen molar-refractivity contribution in [3.8, 4) is 0 Å². The number of carbonyl (C=O) groups is 1. The third-order valence-electron chi connectivity index (χ3n) is 3.42. The van der Waals surface area contributed by atoms with Crippen molar-refractivity contribution in [2.75, 3.05) is 5.75 Å². The van der Waals surface area contributed by atoms with Gasteiger partial charge in [0.15, 0.2) is 5.82 Å². The maximum atomic E-state index is 10.8. The fraction of sp³-hybridized carbons (Fsp3) is 0.385. The highest BCUT2D eigenvalue weighted by Crippen LogP contribution is 2.42. The Morgan fingerprint density at radius 2 is 2.35 bits per heavy atom. The van der Waals surface area contributed by atoms with Crippen molar-refractivity contribution in [2.45, 2.75) is 30.2 Å². The zero-order chi connectivity index (χ0) is 14.1. The van der Waals surface area contributed by atoms with Crippen molar-refractivity contribution in [1.82, 2.24) is 20.2 Å². The van der Waals surface area contributed by atoms with Crippen LogP contribution in [0.1, 0.15) is 36.7 Å². The SMILES string of the molecule is CC(CC(=O)O)n1nnnc1C1CSc2ccccc21. The Balaban J connectivity index is 1.93. The van der Waals surface area contributed by atoms with Crippen LogP contribution in [0.15, 0.2) is 29.2 Å². The Morgan fingerprint density at radius 3 is 3.15 bits per heavy atom. The van der Waals surface area contributed by atoms with Crippen molar-refractivity contribution < 1.29 is 9.90 Å². The number of carboxylic acid groups (broad SMARTS) is 1. The first-order valence-electron chi connectivity index (χ1n) is 6.38. The lowest BCUT2D eigenvalue weighted by Gasteiger charge is -2.15. The summed E-state index contributed by atoms with van der Waals surface area (Å²) >= 11 is 1.78. The lowest BCUT2D eigenvalue weighted by molar-refractivity contribution is -0.137. The molecule has 0 saturated carbocycles. The van der Waals surface area contributed by atoms with Gasteiger partial charge in [0, 0.05) is 10.6 Å². The Kier molecular flexibility index (Phi) is 3.43. The molecule has 6 nitrogen and oxygen atoms in total. The second kappa shape index (κ2) is 5.24. The van der Waals surface area contributed by atoms with E-state index < -0.39 is 5.97 Å². The summed E-state index contributed by atoms with van der Waals surface area (Å²) in [5.41, 5.74) is 1.22. The molecular weight excluding hydrogens is 276 g/mol. The highest BCUT2D eigenvalue weighted by Gasteiger charge is 2.30. The topological polar surface area (TPSA) is 80.9 Å². The number of nitrogens with zero attached hydrogens (tertiary/aromatic N) is 4. The minimum atomic E-state index is -0.847. The zero-order valence-electron chi connectivity index (χ0n) is 10.9. The van der Waals surface area contributed by atoms with Crippen LogP contribution in [0, 0.1) is 0 Å². The van der Waals surface area contributed by atoms with Crippen LogP contribution < -0.4 is 0 Å². The zero-order valence-corrected chi connectivity index (χ0v) is 11.7. The fourth-order valence-corrected chi connectivity index (χ4v) is 3.69. The number of tetrazole rings is 1. The molecule has 1 N–H and O–H groups in total. The number of aromatic nitrogens is 4. The third-order valence-corrected chi connectivity index (χ3v) is 4.60. The molecule has 7 heteroatoms. The van der Waals surface area contributed by atoms with E-state index in [1.54, 1.807) is 16.4 Å². The van der Waals surface area contributed by atoms with Crippen LogP contribution in [0.5, 0.6) is 0 Å². The molecule has 3 rings (SSSR count). The van der Waals surface area contributed by atoms with E-state index in [2.05, 4.69) is 27.7 Å². The van der Waals surface area contributed by atoms with Gasteiger partial charge in [-0.25, -0.2) is 4.68 Å². The quantitative estimate of drug-likeness (QED) is 0.927. The van der Waals surface area contributed by atoms with E-state index >= 15 is 0 Å². The van der Waals surface area contributed by atoms with Crippen LogP contribution in [0.3, 0.4) is 0 Å². The number of fused-ring (bicyclic) bond motifs is 1. The van der Waals surface area contributed by atoms with E-state index in [4.69, 9.17) is 5.11 Å². The van der Waals surface area contributed by atoms with Crippen LogP contribution in [-0.4, -0.2) is 37.0 Å². The van der Waals surface area contributed by atoms with Gasteiger partial charge in [-0.3, -0.25) is 4.79 Å². The molecule has 2 atom stereocenters. The normalized spacial score (nSPS) is 18.8. The van der Waals surface area contributed by atoms with Gasteiger partial charge in [0.2, 0.25) is 0 Å². The standard InChI is InChI=1S/C13H14N4O2S/c1-8(6-12(18)19)17-13(14-15-16-17)10-7-20-11-5-3-2-4-9(10)11/h2-5,8,10H,6-7H2,1H3,(H,18,19). The number of benzene rings is 1. The van der Waals surface area contributed by atoms with E-state index in [-0.39, 0.29) is 18.4 Å². The molecule has 0 aliphatic carbocycles. The summed E-state index contributed by atoms with van der Waals surface area (Å²) in [5, 5.41) is 20.7. The van der Waals surface area contributed by atoms with Gasteiger partial charge < -0.3 is 5.11 Å². The average Bonchev–Trinajstić information content (AvgIpc) is 3.03. The van der Waals surface area contributed by atoms with Gasteiger partial charge in [0.1, 0.15) is 0 Å². The number of carboxylic acids is 1. The van der Waals surface area contributed by atoms with Crippen molar-refractivity contribution in [3.63, 3.8) is 0 Å². The van der Waals surface area contributed by atoms with E-state index in [0.717, 1.165) is 11.6 Å². The molecule has 2 aromatic rings. The molecule has 1 aromatic carbocycles. The molecule has 2 unspecified atom stereocenters. The molecule has 1 aliphatic rings. The van der Waals surface area contributed by atoms with E-state index in [0.29, 0.717) is 0 Å². The van der Waals surface area contributed by atoms with Gasteiger partial charge in [0.05, 0.1) is 18.4 Å². The molecule has 104 valence electrons. The van der Waals surface area contributed by atoms with Gasteiger partial charge >= 0.3 is 5.97 Å². The summed E-state index contributed by atoms with van der Waals surface area (Å²) < 4.78 is 1.64. The lowest BCUT2D eigenvalue weighted by Crippen LogP contribution is -2.17. The first kappa shape index (κ1) is 13.1. The second-order valence-corrected chi connectivity index (χ2v) is 5.89. The Labute approximate surface area is 120 Å². The molecule has 2 heterocycles. The summed E-state index contributed by atoms with van der Waals surface area (Å²) in [6.07, 6.45) is 0.0134. The lowest BCUT2D eigenvalue weighted by atomic mass is 10.0. The Hall–Kier alpha value is -1.89. The highest BCUT2D eigenvalue weighted by molar-refractivity contribution is 7.99. The van der Waals surface area contributed by atoms with Crippen molar-refractivity contribution in [3.05, 3.63) is 35.7 Å². The number of rotatable bonds is 4. The second-order valence-electron chi connectivity index (χ2n) is 4.83. The first-order chi connectivity index (χ1) is 9.66. The molecule has 20 heavy (non-hydrogen) atoms. The monoisotopic (exact) mass is 290 g/mol. The minimum Gasteiger partial charge on any atom is -0.481 e. The summed E-state index contributed by atoms with van der Waals surface area (Å²) in [5.74, 6) is 0.915. The van der Waals surface area contributed by atoms with Gasteiger partial charge in [-0.2, -0.15) is 0 Å². The molecule has 0 fully saturated rings.